The minimum atomic E-state index is -0.250. The Balaban J connectivity index is 0. The second-order valence-electron chi connectivity index (χ2n) is 3.90. The molecule has 3 heteroatoms. The van der Waals surface area contributed by atoms with Gasteiger partial charge in [-0.3, -0.25) is 4.79 Å². The Hall–Kier alpha value is -0.570. The van der Waals surface area contributed by atoms with Crippen molar-refractivity contribution in [2.75, 3.05) is 26.7 Å². The van der Waals surface area contributed by atoms with Gasteiger partial charge in [-0.05, 0) is 19.3 Å². The molecule has 0 saturated carbocycles. The lowest BCUT2D eigenvalue weighted by atomic mass is 10.2. The first kappa shape index (κ1) is 15.9. The molecule has 86 valence electrons. The molecular weight excluding hydrogens is 178 g/mol. The monoisotopic (exact) mass is 204 g/mol. The highest BCUT2D eigenvalue weighted by Gasteiger charge is 2.16. The van der Waals surface area contributed by atoms with E-state index in [0.29, 0.717) is 0 Å². The number of carbonyl (C=O) groups is 1. The fourth-order valence-corrected chi connectivity index (χ4v) is 1.95. The van der Waals surface area contributed by atoms with Gasteiger partial charge in [0.2, 0.25) is 0 Å². The maximum Gasteiger partial charge on any atom is 0.290 e. The first-order valence-electron chi connectivity index (χ1n) is 5.51. The maximum atomic E-state index is 8.36. The molecule has 0 aromatic carbocycles. The van der Waals surface area contributed by atoms with Crippen molar-refractivity contribution in [3.05, 3.63) is 0 Å². The Morgan fingerprint density at radius 2 is 1.21 bits per heavy atom. The molecule has 0 bridgehead atoms. The van der Waals surface area contributed by atoms with Crippen LogP contribution in [0.2, 0.25) is 0 Å². The summed E-state index contributed by atoms with van der Waals surface area (Å²) in [5, 5.41) is 6.89. The lowest BCUT2D eigenvalue weighted by molar-refractivity contribution is -0.909. The van der Waals surface area contributed by atoms with E-state index in [9.17, 15) is 0 Å². The zero-order chi connectivity index (χ0) is 11.4. The number of quaternary nitrogens is 1. The van der Waals surface area contributed by atoms with Crippen molar-refractivity contribution < 1.29 is 14.4 Å². The van der Waals surface area contributed by atoms with Crippen LogP contribution in [0.3, 0.4) is 0 Å². The van der Waals surface area contributed by atoms with Gasteiger partial charge in [0.05, 0.1) is 26.7 Å². The Morgan fingerprint density at radius 1 is 1.00 bits per heavy atom. The molecule has 3 nitrogen and oxygen atoms in total. The quantitative estimate of drug-likeness (QED) is 0.533. The van der Waals surface area contributed by atoms with Crippen LogP contribution in [-0.4, -0.2) is 42.7 Å². The molecule has 0 aliphatic rings. The van der Waals surface area contributed by atoms with Gasteiger partial charge in [0.1, 0.15) is 0 Å². The third-order valence-corrected chi connectivity index (χ3v) is 2.29. The van der Waals surface area contributed by atoms with Crippen LogP contribution < -0.4 is 0 Å². The van der Waals surface area contributed by atoms with Crippen molar-refractivity contribution >= 4 is 6.47 Å². The molecule has 0 saturated heterocycles. The van der Waals surface area contributed by atoms with Gasteiger partial charge in [-0.2, -0.15) is 0 Å². The van der Waals surface area contributed by atoms with Crippen molar-refractivity contribution in [3.8, 4) is 0 Å². The molecule has 0 fully saturated rings. The molecule has 0 unspecified atom stereocenters. The molecule has 14 heavy (non-hydrogen) atoms. The number of hydrogen-bond donors (Lipinski definition) is 1. The average Bonchev–Trinajstić information content (AvgIpc) is 2.06. The summed E-state index contributed by atoms with van der Waals surface area (Å²) in [4.78, 5) is 8.36. The van der Waals surface area contributed by atoms with E-state index in [1.165, 1.54) is 43.4 Å². The van der Waals surface area contributed by atoms with E-state index >= 15 is 0 Å². The summed E-state index contributed by atoms with van der Waals surface area (Å²) >= 11 is 0. The number of rotatable bonds is 6. The summed E-state index contributed by atoms with van der Waals surface area (Å²) in [5.74, 6) is 0. The molecule has 0 heterocycles. The predicted molar refractivity (Wildman–Crippen MR) is 60.4 cm³/mol. The Labute approximate surface area is 88.3 Å². The predicted octanol–water partition coefficient (Wildman–Crippen LogP) is 2.36. The molecule has 0 amide bonds. The zero-order valence-corrected chi connectivity index (χ0v) is 10.1. The lowest BCUT2D eigenvalue weighted by Crippen LogP contribution is -2.45. The standard InChI is InChI=1S/C10H24N.CH2O2/c1-5-8-11(4,9-6-2)10-7-3;2-1-3/h5-10H2,1-4H3;1H,(H,2,3)/q+1;. The molecular formula is C11H26NO2+. The fourth-order valence-electron chi connectivity index (χ4n) is 1.95. The SMILES string of the molecule is CCC[N+](C)(CCC)CCC.O=CO. The Morgan fingerprint density at radius 3 is 1.36 bits per heavy atom. The highest BCUT2D eigenvalue weighted by Crippen LogP contribution is 2.06. The van der Waals surface area contributed by atoms with E-state index in [1.807, 2.05) is 0 Å². The van der Waals surface area contributed by atoms with Crippen LogP contribution in [-0.2, 0) is 4.79 Å². The first-order valence-corrected chi connectivity index (χ1v) is 5.51. The zero-order valence-electron chi connectivity index (χ0n) is 10.1. The fraction of sp³-hybridized carbons (Fsp3) is 0.909. The number of nitrogens with zero attached hydrogens (tertiary/aromatic N) is 1. The van der Waals surface area contributed by atoms with Gasteiger partial charge in [-0.25, -0.2) is 0 Å². The van der Waals surface area contributed by atoms with Crippen molar-refractivity contribution in [1.29, 1.82) is 0 Å². The summed E-state index contributed by atoms with van der Waals surface area (Å²) in [6.07, 6.45) is 3.95. The summed E-state index contributed by atoms with van der Waals surface area (Å²) < 4.78 is 1.28. The molecule has 0 radical (unpaired) electrons. The normalized spacial score (nSPS) is 10.3. The van der Waals surface area contributed by atoms with E-state index in [-0.39, 0.29) is 6.47 Å². The third kappa shape index (κ3) is 9.52. The Kier molecular flexibility index (Phi) is 11.9. The molecule has 0 rings (SSSR count). The van der Waals surface area contributed by atoms with Gasteiger partial charge in [0.25, 0.3) is 6.47 Å². The minimum Gasteiger partial charge on any atom is -0.483 e. The molecule has 0 spiro atoms. The number of carboxylic acid groups (broad SMARTS) is 1. The van der Waals surface area contributed by atoms with Gasteiger partial charge >= 0.3 is 0 Å². The number of hydrogen-bond acceptors (Lipinski definition) is 1. The average molecular weight is 204 g/mol. The Bertz CT molecular complexity index is 109. The van der Waals surface area contributed by atoms with Crippen LogP contribution >= 0.6 is 0 Å². The van der Waals surface area contributed by atoms with Crippen molar-refractivity contribution in [2.24, 2.45) is 0 Å². The summed E-state index contributed by atoms with van der Waals surface area (Å²) in [5.41, 5.74) is 0. The largest absolute Gasteiger partial charge is 0.483 e. The van der Waals surface area contributed by atoms with Crippen molar-refractivity contribution in [1.82, 2.24) is 0 Å². The van der Waals surface area contributed by atoms with E-state index in [4.69, 9.17) is 9.90 Å². The van der Waals surface area contributed by atoms with Crippen LogP contribution in [0.5, 0.6) is 0 Å². The lowest BCUT2D eigenvalue weighted by Gasteiger charge is -2.33. The molecule has 1 N–H and O–H groups in total. The second-order valence-corrected chi connectivity index (χ2v) is 3.90. The van der Waals surface area contributed by atoms with E-state index < -0.39 is 0 Å². The van der Waals surface area contributed by atoms with Crippen LogP contribution in [0.4, 0.5) is 0 Å². The van der Waals surface area contributed by atoms with Crippen LogP contribution in [0.1, 0.15) is 40.0 Å². The second kappa shape index (κ2) is 10.5. The molecule has 0 aromatic rings. The van der Waals surface area contributed by atoms with Crippen LogP contribution in [0, 0.1) is 0 Å². The molecule has 0 aliphatic carbocycles. The topological polar surface area (TPSA) is 37.3 Å². The summed E-state index contributed by atoms with van der Waals surface area (Å²) in [6, 6.07) is 0. The van der Waals surface area contributed by atoms with Gasteiger partial charge in [-0.1, -0.05) is 20.8 Å². The van der Waals surface area contributed by atoms with E-state index in [2.05, 4.69) is 27.8 Å². The molecule has 0 aromatic heterocycles. The maximum absolute atomic E-state index is 8.36. The summed E-state index contributed by atoms with van der Waals surface area (Å²) in [7, 11) is 2.39. The van der Waals surface area contributed by atoms with E-state index in [1.54, 1.807) is 0 Å². The van der Waals surface area contributed by atoms with Crippen molar-refractivity contribution in [3.63, 3.8) is 0 Å². The first-order chi connectivity index (χ1) is 6.60. The minimum absolute atomic E-state index is 0.250. The molecule has 0 atom stereocenters. The smallest absolute Gasteiger partial charge is 0.290 e. The van der Waals surface area contributed by atoms with E-state index in [0.717, 1.165) is 0 Å². The van der Waals surface area contributed by atoms with Gasteiger partial charge < -0.3 is 9.59 Å². The van der Waals surface area contributed by atoms with Crippen molar-refractivity contribution in [2.45, 2.75) is 40.0 Å². The van der Waals surface area contributed by atoms with Crippen LogP contribution in [0.15, 0.2) is 0 Å². The molecule has 0 aliphatic heterocycles. The van der Waals surface area contributed by atoms with Gasteiger partial charge in [0, 0.05) is 0 Å². The van der Waals surface area contributed by atoms with Crippen LogP contribution in [0.25, 0.3) is 0 Å². The van der Waals surface area contributed by atoms with Gasteiger partial charge in [-0.15, -0.1) is 0 Å². The highest BCUT2D eigenvalue weighted by atomic mass is 16.3. The third-order valence-electron chi connectivity index (χ3n) is 2.29. The summed E-state index contributed by atoms with van der Waals surface area (Å²) in [6.45, 7) is 10.6. The van der Waals surface area contributed by atoms with Gasteiger partial charge in [0.15, 0.2) is 0 Å². The highest BCUT2D eigenvalue weighted by molar-refractivity contribution is 5.32.